The Kier molecular flexibility index (Phi) is 4.71. The molecule has 3 nitrogen and oxygen atoms in total. The van der Waals surface area contributed by atoms with E-state index in [4.69, 9.17) is 0 Å². The van der Waals surface area contributed by atoms with E-state index < -0.39 is 9.84 Å². The monoisotopic (exact) mass is 244 g/mol. The lowest BCUT2D eigenvalue weighted by Gasteiger charge is -2.26. The second kappa shape index (κ2) is 5.62. The average Bonchev–Trinajstić information content (AvgIpc) is 2.25. The van der Waals surface area contributed by atoms with Crippen LogP contribution in [0.25, 0.3) is 0 Å². The van der Waals surface area contributed by atoms with Gasteiger partial charge in [-0.2, -0.15) is 0 Å². The molecule has 2 atom stereocenters. The molecule has 0 N–H and O–H groups in total. The number of hydrogen-bond donors (Lipinski definition) is 0. The first kappa shape index (κ1) is 13.4. The number of carbonyl (C=O) groups excluding carboxylic acids is 1. The zero-order valence-corrected chi connectivity index (χ0v) is 10.8. The fraction of sp³-hybridized carbons (Fsp3) is 0.750. The highest BCUT2D eigenvalue weighted by Gasteiger charge is 2.31. The Morgan fingerprint density at radius 1 is 1.38 bits per heavy atom. The van der Waals surface area contributed by atoms with Gasteiger partial charge in [-0.3, -0.25) is 4.79 Å². The first-order valence-electron chi connectivity index (χ1n) is 5.84. The maximum absolute atomic E-state index is 11.7. The van der Waals surface area contributed by atoms with Crippen molar-refractivity contribution in [2.45, 2.75) is 44.3 Å². The highest BCUT2D eigenvalue weighted by atomic mass is 32.2. The number of rotatable bonds is 4. The van der Waals surface area contributed by atoms with Crippen LogP contribution in [0.4, 0.5) is 0 Å². The zero-order chi connectivity index (χ0) is 12.2. The van der Waals surface area contributed by atoms with E-state index in [-0.39, 0.29) is 17.0 Å². The SMILES string of the molecule is CC/C=C/C(=O)C1CCCC(S(C)(=O)=O)C1. The molecule has 0 spiro atoms. The molecule has 0 heterocycles. The molecule has 92 valence electrons. The largest absolute Gasteiger partial charge is 0.295 e. The molecule has 2 unspecified atom stereocenters. The van der Waals surface area contributed by atoms with Gasteiger partial charge in [-0.05, 0) is 31.8 Å². The molecule has 0 amide bonds. The van der Waals surface area contributed by atoms with E-state index >= 15 is 0 Å². The predicted molar refractivity (Wildman–Crippen MR) is 65.0 cm³/mol. The average molecular weight is 244 g/mol. The van der Waals surface area contributed by atoms with Crippen LogP contribution in [0.5, 0.6) is 0 Å². The van der Waals surface area contributed by atoms with Crippen LogP contribution in [0.1, 0.15) is 39.0 Å². The molecule has 1 rings (SSSR count). The standard InChI is InChI=1S/C12H20O3S/c1-3-4-8-12(13)10-6-5-7-11(9-10)16(2,14)15/h4,8,10-11H,3,5-7,9H2,1-2H3/b8-4+. The predicted octanol–water partition coefficient (Wildman–Crippen LogP) is 2.13. The van der Waals surface area contributed by atoms with Crippen LogP contribution in [-0.4, -0.2) is 25.7 Å². The maximum atomic E-state index is 11.7. The molecule has 0 aliphatic heterocycles. The molecule has 0 aromatic carbocycles. The van der Waals surface area contributed by atoms with Crippen LogP contribution in [0.2, 0.25) is 0 Å². The summed E-state index contributed by atoms with van der Waals surface area (Å²) in [4.78, 5) is 11.7. The van der Waals surface area contributed by atoms with Gasteiger partial charge in [0.25, 0.3) is 0 Å². The molecule has 0 aromatic rings. The van der Waals surface area contributed by atoms with Crippen molar-refractivity contribution in [1.82, 2.24) is 0 Å². The first-order chi connectivity index (χ1) is 7.45. The van der Waals surface area contributed by atoms with Crippen LogP contribution >= 0.6 is 0 Å². The van der Waals surface area contributed by atoms with Crippen molar-refractivity contribution < 1.29 is 13.2 Å². The van der Waals surface area contributed by atoms with Gasteiger partial charge in [0.2, 0.25) is 0 Å². The van der Waals surface area contributed by atoms with E-state index in [9.17, 15) is 13.2 Å². The van der Waals surface area contributed by atoms with E-state index in [1.807, 2.05) is 13.0 Å². The van der Waals surface area contributed by atoms with Gasteiger partial charge in [0, 0.05) is 12.2 Å². The van der Waals surface area contributed by atoms with E-state index in [0.29, 0.717) is 12.8 Å². The quantitative estimate of drug-likeness (QED) is 0.712. The summed E-state index contributed by atoms with van der Waals surface area (Å²) in [6.45, 7) is 1.98. The lowest BCUT2D eigenvalue weighted by molar-refractivity contribution is -0.119. The van der Waals surface area contributed by atoms with Gasteiger partial charge in [0.15, 0.2) is 5.78 Å². The summed E-state index contributed by atoms with van der Waals surface area (Å²) in [6, 6.07) is 0. The number of sulfone groups is 1. The third-order valence-electron chi connectivity index (χ3n) is 3.15. The smallest absolute Gasteiger partial charge is 0.158 e. The van der Waals surface area contributed by atoms with Crippen molar-refractivity contribution in [3.63, 3.8) is 0 Å². The number of ketones is 1. The molecule has 0 radical (unpaired) electrons. The minimum atomic E-state index is -2.99. The third-order valence-corrected chi connectivity index (χ3v) is 4.79. The second-order valence-corrected chi connectivity index (χ2v) is 6.85. The van der Waals surface area contributed by atoms with Crippen LogP contribution in [0, 0.1) is 5.92 Å². The first-order valence-corrected chi connectivity index (χ1v) is 7.80. The normalized spacial score (nSPS) is 27.1. The van der Waals surface area contributed by atoms with E-state index in [0.717, 1.165) is 19.3 Å². The van der Waals surface area contributed by atoms with Crippen molar-refractivity contribution in [2.75, 3.05) is 6.26 Å². The van der Waals surface area contributed by atoms with Gasteiger partial charge in [-0.15, -0.1) is 0 Å². The van der Waals surface area contributed by atoms with E-state index in [1.165, 1.54) is 6.26 Å². The number of hydrogen-bond acceptors (Lipinski definition) is 3. The van der Waals surface area contributed by atoms with Crippen LogP contribution in [0.15, 0.2) is 12.2 Å². The molecule has 4 heteroatoms. The summed E-state index contributed by atoms with van der Waals surface area (Å²) in [5.74, 6) is 0.00600. The van der Waals surface area contributed by atoms with Gasteiger partial charge >= 0.3 is 0 Å². The van der Waals surface area contributed by atoms with Crippen molar-refractivity contribution in [2.24, 2.45) is 5.92 Å². The molecule has 1 saturated carbocycles. The molecular weight excluding hydrogens is 224 g/mol. The van der Waals surface area contributed by atoms with Gasteiger partial charge < -0.3 is 0 Å². The summed E-state index contributed by atoms with van der Waals surface area (Å²) >= 11 is 0. The Morgan fingerprint density at radius 2 is 2.06 bits per heavy atom. The molecule has 0 aromatic heterocycles. The minimum Gasteiger partial charge on any atom is -0.295 e. The summed E-state index contributed by atoms with van der Waals surface area (Å²) in [5.41, 5.74) is 0. The van der Waals surface area contributed by atoms with E-state index in [2.05, 4.69) is 0 Å². The van der Waals surface area contributed by atoms with Crippen LogP contribution < -0.4 is 0 Å². The fourth-order valence-corrected chi connectivity index (χ4v) is 3.34. The Balaban J connectivity index is 2.64. The van der Waals surface area contributed by atoms with Crippen molar-refractivity contribution in [1.29, 1.82) is 0 Å². The Hall–Kier alpha value is -0.640. The number of carbonyl (C=O) groups is 1. The lowest BCUT2D eigenvalue weighted by Crippen LogP contribution is -2.30. The van der Waals surface area contributed by atoms with Crippen LogP contribution in [0.3, 0.4) is 0 Å². The molecule has 1 aliphatic rings. The Morgan fingerprint density at radius 3 is 2.62 bits per heavy atom. The number of allylic oxidation sites excluding steroid dienone is 2. The van der Waals surface area contributed by atoms with Gasteiger partial charge in [0.1, 0.15) is 9.84 Å². The summed E-state index contributed by atoms with van der Waals surface area (Å²) in [6.07, 6.45) is 8.45. The van der Waals surface area contributed by atoms with Gasteiger partial charge in [-0.1, -0.05) is 19.4 Å². The zero-order valence-electron chi connectivity index (χ0n) is 9.98. The Labute approximate surface area is 97.8 Å². The van der Waals surface area contributed by atoms with Crippen LogP contribution in [-0.2, 0) is 14.6 Å². The van der Waals surface area contributed by atoms with E-state index in [1.54, 1.807) is 6.08 Å². The topological polar surface area (TPSA) is 51.2 Å². The fourth-order valence-electron chi connectivity index (χ4n) is 2.16. The van der Waals surface area contributed by atoms with Crippen molar-refractivity contribution in [3.05, 3.63) is 12.2 Å². The van der Waals surface area contributed by atoms with Gasteiger partial charge in [0.05, 0.1) is 5.25 Å². The molecule has 16 heavy (non-hydrogen) atoms. The summed E-state index contributed by atoms with van der Waals surface area (Å²) in [5, 5.41) is -0.315. The molecule has 0 bridgehead atoms. The highest BCUT2D eigenvalue weighted by Crippen LogP contribution is 2.29. The summed E-state index contributed by atoms with van der Waals surface area (Å²) < 4.78 is 22.9. The lowest BCUT2D eigenvalue weighted by atomic mass is 9.85. The molecule has 1 fully saturated rings. The second-order valence-electron chi connectivity index (χ2n) is 4.53. The van der Waals surface area contributed by atoms with Gasteiger partial charge in [-0.25, -0.2) is 8.42 Å². The molecular formula is C12H20O3S. The maximum Gasteiger partial charge on any atom is 0.158 e. The highest BCUT2D eigenvalue weighted by molar-refractivity contribution is 7.91. The van der Waals surface area contributed by atoms with Crippen molar-refractivity contribution >= 4 is 15.6 Å². The Bertz CT molecular complexity index is 368. The third kappa shape index (κ3) is 3.74. The summed E-state index contributed by atoms with van der Waals surface area (Å²) in [7, 11) is -2.99. The molecule has 0 saturated heterocycles. The molecule has 1 aliphatic carbocycles. The van der Waals surface area contributed by atoms with Crippen molar-refractivity contribution in [3.8, 4) is 0 Å². The minimum absolute atomic E-state index is 0.0868.